The highest BCUT2D eigenvalue weighted by molar-refractivity contribution is 7.90. The van der Waals surface area contributed by atoms with Gasteiger partial charge in [0.15, 0.2) is 9.84 Å². The van der Waals surface area contributed by atoms with Gasteiger partial charge in [-0.3, -0.25) is 10.1 Å². The smallest absolute Gasteiger partial charge is 0.259 e. The SMILES string of the molecule is CO/N=C(\C)CNCc1c(S(C)(=O)=O)ccc(C(=O)Nc2nnnn2C)c1Cl. The lowest BCUT2D eigenvalue weighted by Crippen LogP contribution is -2.23. The number of aromatic nitrogens is 4. The fourth-order valence-corrected chi connectivity index (χ4v) is 3.66. The zero-order valence-corrected chi connectivity index (χ0v) is 17.3. The van der Waals surface area contributed by atoms with E-state index in [-0.39, 0.29) is 33.5 Å². The number of tetrazole rings is 1. The Morgan fingerprint density at radius 2 is 2.11 bits per heavy atom. The van der Waals surface area contributed by atoms with Gasteiger partial charge < -0.3 is 10.2 Å². The molecule has 1 aromatic heterocycles. The highest BCUT2D eigenvalue weighted by atomic mass is 35.5. The number of nitrogens with zero attached hydrogens (tertiary/aromatic N) is 5. The second-order valence-electron chi connectivity index (χ2n) is 5.87. The van der Waals surface area contributed by atoms with Crippen LogP contribution in [0.5, 0.6) is 0 Å². The molecule has 0 unspecified atom stereocenters. The number of aryl methyl sites for hydroxylation is 1. The van der Waals surface area contributed by atoms with Crippen LogP contribution >= 0.6 is 11.6 Å². The Kier molecular flexibility index (Phi) is 7.05. The minimum Gasteiger partial charge on any atom is -0.399 e. The first kappa shape index (κ1) is 21.7. The van der Waals surface area contributed by atoms with Crippen molar-refractivity contribution in [3.8, 4) is 0 Å². The van der Waals surface area contributed by atoms with Crippen LogP contribution in [-0.2, 0) is 28.3 Å². The Morgan fingerprint density at radius 1 is 1.39 bits per heavy atom. The van der Waals surface area contributed by atoms with E-state index in [1.807, 2.05) is 0 Å². The van der Waals surface area contributed by atoms with Crippen LogP contribution in [0.1, 0.15) is 22.8 Å². The number of hydrogen-bond donors (Lipinski definition) is 2. The summed E-state index contributed by atoms with van der Waals surface area (Å²) in [6.45, 7) is 2.19. The van der Waals surface area contributed by atoms with Gasteiger partial charge in [0.25, 0.3) is 5.91 Å². The Hall–Kier alpha value is -2.57. The number of sulfone groups is 1. The Labute approximate surface area is 167 Å². The minimum atomic E-state index is -3.56. The van der Waals surface area contributed by atoms with Crippen molar-refractivity contribution in [1.29, 1.82) is 0 Å². The van der Waals surface area contributed by atoms with Gasteiger partial charge in [0, 0.05) is 32.0 Å². The van der Waals surface area contributed by atoms with Crippen LogP contribution in [0, 0.1) is 0 Å². The average molecular weight is 430 g/mol. The maximum absolute atomic E-state index is 12.6. The summed E-state index contributed by atoms with van der Waals surface area (Å²) in [7, 11) is -0.577. The van der Waals surface area contributed by atoms with E-state index in [1.165, 1.54) is 23.9 Å². The molecule has 13 heteroatoms. The zero-order chi connectivity index (χ0) is 20.9. The summed E-state index contributed by atoms with van der Waals surface area (Å²) in [5.74, 6) is -0.444. The third-order valence-electron chi connectivity index (χ3n) is 3.62. The van der Waals surface area contributed by atoms with Crippen LogP contribution in [0.25, 0.3) is 0 Å². The largest absolute Gasteiger partial charge is 0.399 e. The van der Waals surface area contributed by atoms with Gasteiger partial charge in [-0.15, -0.1) is 0 Å². The van der Waals surface area contributed by atoms with E-state index in [9.17, 15) is 13.2 Å². The molecule has 11 nitrogen and oxygen atoms in total. The molecule has 0 saturated carbocycles. The number of carbonyl (C=O) groups excluding carboxylic acids is 1. The van der Waals surface area contributed by atoms with Crippen LogP contribution in [0.15, 0.2) is 22.2 Å². The molecular weight excluding hydrogens is 410 g/mol. The summed E-state index contributed by atoms with van der Waals surface area (Å²) >= 11 is 6.39. The molecule has 0 fully saturated rings. The number of nitrogens with one attached hydrogen (secondary N) is 2. The normalized spacial score (nSPS) is 12.1. The van der Waals surface area contributed by atoms with Crippen molar-refractivity contribution in [1.82, 2.24) is 25.5 Å². The van der Waals surface area contributed by atoms with Crippen LogP contribution in [0.3, 0.4) is 0 Å². The third-order valence-corrected chi connectivity index (χ3v) is 5.23. The highest BCUT2D eigenvalue weighted by Gasteiger charge is 2.22. The van der Waals surface area contributed by atoms with Gasteiger partial charge in [0.1, 0.15) is 7.11 Å². The second-order valence-corrected chi connectivity index (χ2v) is 8.23. The molecule has 0 saturated heterocycles. The van der Waals surface area contributed by atoms with Gasteiger partial charge in [-0.25, -0.2) is 13.1 Å². The van der Waals surface area contributed by atoms with Gasteiger partial charge in [0.05, 0.1) is 21.2 Å². The topological polar surface area (TPSA) is 140 Å². The molecule has 1 heterocycles. The number of rotatable bonds is 8. The van der Waals surface area contributed by atoms with Crippen molar-refractivity contribution in [2.75, 3.05) is 25.2 Å². The van der Waals surface area contributed by atoms with Crippen molar-refractivity contribution < 1.29 is 18.0 Å². The number of oxime groups is 1. The van der Waals surface area contributed by atoms with Crippen molar-refractivity contribution >= 4 is 39.0 Å². The highest BCUT2D eigenvalue weighted by Crippen LogP contribution is 2.28. The van der Waals surface area contributed by atoms with E-state index in [4.69, 9.17) is 11.6 Å². The van der Waals surface area contributed by atoms with Crippen molar-refractivity contribution in [3.05, 3.63) is 28.3 Å². The van der Waals surface area contributed by atoms with Crippen molar-refractivity contribution in [2.45, 2.75) is 18.4 Å². The number of anilines is 1. The van der Waals surface area contributed by atoms with E-state index < -0.39 is 15.7 Å². The standard InChI is InChI=1S/C15H20ClN7O4S/c1-9(20-27-3)7-17-8-11-12(28(4,25)26)6-5-10(13(11)16)14(24)18-15-19-21-22-23(15)2/h5-6,17H,7-8H2,1-4H3,(H,18,19,22,24)/b20-9+. The summed E-state index contributed by atoms with van der Waals surface area (Å²) < 4.78 is 25.5. The van der Waals surface area contributed by atoms with Gasteiger partial charge in [-0.1, -0.05) is 21.9 Å². The van der Waals surface area contributed by atoms with Crippen LogP contribution in [0.4, 0.5) is 5.95 Å². The van der Waals surface area contributed by atoms with Gasteiger partial charge in [-0.05, 0) is 29.5 Å². The molecule has 0 radical (unpaired) electrons. The first-order valence-electron chi connectivity index (χ1n) is 7.97. The summed E-state index contributed by atoms with van der Waals surface area (Å²) in [5.41, 5.74) is 1.03. The molecule has 0 aliphatic rings. The number of benzene rings is 1. The second kappa shape index (κ2) is 9.08. The molecule has 0 aliphatic carbocycles. The summed E-state index contributed by atoms with van der Waals surface area (Å²) in [4.78, 5) is 17.3. The molecule has 0 atom stereocenters. The molecule has 2 N–H and O–H groups in total. The minimum absolute atomic E-state index is 0.0179. The molecule has 0 bridgehead atoms. The molecule has 1 amide bonds. The molecule has 0 aliphatic heterocycles. The fraction of sp³-hybridized carbons (Fsp3) is 0.400. The van der Waals surface area contributed by atoms with E-state index in [2.05, 4.69) is 36.2 Å². The summed E-state index contributed by atoms with van der Waals surface area (Å²) in [6, 6.07) is 2.69. The first-order valence-corrected chi connectivity index (χ1v) is 10.2. The van der Waals surface area contributed by atoms with Gasteiger partial charge in [0.2, 0.25) is 5.95 Å². The van der Waals surface area contributed by atoms with Gasteiger partial charge >= 0.3 is 0 Å². The maximum atomic E-state index is 12.6. The van der Waals surface area contributed by atoms with E-state index in [0.717, 1.165) is 6.26 Å². The lowest BCUT2D eigenvalue weighted by Gasteiger charge is -2.14. The van der Waals surface area contributed by atoms with Crippen LogP contribution in [0.2, 0.25) is 5.02 Å². The lowest BCUT2D eigenvalue weighted by atomic mass is 10.1. The average Bonchev–Trinajstić information content (AvgIpc) is 3.00. The molecule has 1 aromatic carbocycles. The van der Waals surface area contributed by atoms with E-state index in [1.54, 1.807) is 14.0 Å². The number of hydrogen-bond acceptors (Lipinski definition) is 9. The van der Waals surface area contributed by atoms with Crippen LogP contribution < -0.4 is 10.6 Å². The van der Waals surface area contributed by atoms with E-state index >= 15 is 0 Å². The fourth-order valence-electron chi connectivity index (χ4n) is 2.35. The Bertz CT molecular complexity index is 1000. The molecular formula is C15H20ClN7O4S. The quantitative estimate of drug-likeness (QED) is 0.459. The van der Waals surface area contributed by atoms with Crippen molar-refractivity contribution in [3.63, 3.8) is 0 Å². The monoisotopic (exact) mass is 429 g/mol. The molecule has 152 valence electrons. The summed E-state index contributed by atoms with van der Waals surface area (Å²) in [5, 5.41) is 20.1. The zero-order valence-electron chi connectivity index (χ0n) is 15.7. The summed E-state index contributed by atoms with van der Waals surface area (Å²) in [6.07, 6.45) is 1.07. The maximum Gasteiger partial charge on any atom is 0.259 e. The van der Waals surface area contributed by atoms with E-state index in [0.29, 0.717) is 12.3 Å². The van der Waals surface area contributed by atoms with Crippen molar-refractivity contribution in [2.24, 2.45) is 12.2 Å². The number of carbonyl (C=O) groups is 1. The first-order chi connectivity index (χ1) is 13.1. The molecule has 2 rings (SSSR count). The van der Waals surface area contributed by atoms with Gasteiger partial charge in [-0.2, -0.15) is 0 Å². The lowest BCUT2D eigenvalue weighted by molar-refractivity contribution is 0.102. The Morgan fingerprint density at radius 3 is 2.68 bits per heavy atom. The Balaban J connectivity index is 2.34. The molecule has 28 heavy (non-hydrogen) atoms. The molecule has 0 spiro atoms. The number of halogens is 1. The number of amides is 1. The predicted molar refractivity (Wildman–Crippen MR) is 103 cm³/mol. The molecule has 2 aromatic rings. The van der Waals surface area contributed by atoms with Crippen LogP contribution in [-0.4, -0.2) is 60.2 Å². The third kappa shape index (κ3) is 5.24. The predicted octanol–water partition coefficient (Wildman–Crippen LogP) is 0.631.